The molecule has 0 saturated carbocycles. The van der Waals surface area contributed by atoms with E-state index in [0.29, 0.717) is 51.9 Å². The summed E-state index contributed by atoms with van der Waals surface area (Å²) in [7, 11) is 1.87. The Morgan fingerprint density at radius 3 is 1.57 bits per heavy atom. The lowest BCUT2D eigenvalue weighted by molar-refractivity contribution is -0.126. The Bertz CT molecular complexity index is 569. The summed E-state index contributed by atoms with van der Waals surface area (Å²) >= 11 is 0. The van der Waals surface area contributed by atoms with Gasteiger partial charge < -0.3 is 20.4 Å². The van der Waals surface area contributed by atoms with Crippen LogP contribution in [0.4, 0.5) is 0 Å². The maximum atomic E-state index is 12.0. The van der Waals surface area contributed by atoms with E-state index in [1.807, 2.05) is 7.05 Å². The lowest BCUT2D eigenvalue weighted by Crippen LogP contribution is -2.37. The SMILES string of the molecule is C=CC(=O)NCCCN(CCCN(CCCNC)C(=O)C=C)C(=O)C=C.C=CC=O. The largest absolute Gasteiger partial charge is 0.353 e. The Hall–Kier alpha value is -3.00. The molecule has 0 bridgehead atoms. The van der Waals surface area contributed by atoms with Crippen molar-refractivity contribution >= 4 is 24.0 Å². The van der Waals surface area contributed by atoms with Crippen LogP contribution in [0.1, 0.15) is 19.3 Å². The van der Waals surface area contributed by atoms with Crippen LogP contribution in [0.2, 0.25) is 0 Å². The van der Waals surface area contributed by atoms with Gasteiger partial charge in [0.2, 0.25) is 17.7 Å². The summed E-state index contributed by atoms with van der Waals surface area (Å²) in [6.07, 6.45) is 7.80. The Kier molecular flexibility index (Phi) is 20.2. The highest BCUT2D eigenvalue weighted by Crippen LogP contribution is 2.01. The van der Waals surface area contributed by atoms with E-state index < -0.39 is 0 Å². The molecule has 8 heteroatoms. The van der Waals surface area contributed by atoms with Crippen LogP contribution in [0.3, 0.4) is 0 Å². The van der Waals surface area contributed by atoms with Gasteiger partial charge in [-0.05, 0) is 57.2 Å². The topological polar surface area (TPSA) is 98.8 Å². The fourth-order valence-corrected chi connectivity index (χ4v) is 2.38. The summed E-state index contributed by atoms with van der Waals surface area (Å²) in [4.78, 5) is 47.5. The summed E-state index contributed by atoms with van der Waals surface area (Å²) in [5, 5.41) is 5.73. The predicted molar refractivity (Wildman–Crippen MR) is 121 cm³/mol. The number of hydrogen-bond donors (Lipinski definition) is 2. The van der Waals surface area contributed by atoms with Gasteiger partial charge in [0.25, 0.3) is 0 Å². The summed E-state index contributed by atoms with van der Waals surface area (Å²) in [5.74, 6) is -0.488. The van der Waals surface area contributed by atoms with Crippen molar-refractivity contribution in [3.8, 4) is 0 Å². The highest BCUT2D eigenvalue weighted by Gasteiger charge is 2.13. The molecule has 0 radical (unpaired) electrons. The third-order valence-electron chi connectivity index (χ3n) is 3.87. The second kappa shape index (κ2) is 20.7. The fourth-order valence-electron chi connectivity index (χ4n) is 2.38. The number of carbonyl (C=O) groups excluding carboxylic acids is 4. The number of carbonyl (C=O) groups is 4. The molecule has 8 nitrogen and oxygen atoms in total. The zero-order valence-electron chi connectivity index (χ0n) is 18.1. The van der Waals surface area contributed by atoms with Gasteiger partial charge in [-0.15, -0.1) is 0 Å². The van der Waals surface area contributed by atoms with Crippen LogP contribution in [0, 0.1) is 0 Å². The van der Waals surface area contributed by atoms with Crippen LogP contribution in [0.5, 0.6) is 0 Å². The average Bonchev–Trinajstić information content (AvgIpc) is 2.78. The molecule has 0 aliphatic carbocycles. The molecule has 0 unspecified atom stereocenters. The number of amides is 3. The number of rotatable bonds is 16. The molecule has 3 amide bonds. The van der Waals surface area contributed by atoms with E-state index in [-0.39, 0.29) is 17.7 Å². The second-order valence-corrected chi connectivity index (χ2v) is 6.09. The molecule has 0 saturated heterocycles. The minimum absolute atomic E-state index is 0.102. The van der Waals surface area contributed by atoms with Crippen molar-refractivity contribution < 1.29 is 19.2 Å². The number of nitrogens with one attached hydrogen (secondary N) is 2. The van der Waals surface area contributed by atoms with Crippen molar-refractivity contribution in [1.82, 2.24) is 20.4 Å². The molecule has 0 aliphatic heterocycles. The molecular formula is C22H36N4O4. The molecule has 0 aromatic heterocycles. The number of allylic oxidation sites excluding steroid dienone is 1. The number of aldehydes is 1. The molecule has 0 rings (SSSR count). The fraction of sp³-hybridized carbons (Fsp3) is 0.455. The van der Waals surface area contributed by atoms with Crippen molar-refractivity contribution in [2.45, 2.75) is 19.3 Å². The van der Waals surface area contributed by atoms with Gasteiger partial charge in [-0.2, -0.15) is 0 Å². The minimum Gasteiger partial charge on any atom is -0.353 e. The van der Waals surface area contributed by atoms with E-state index in [4.69, 9.17) is 4.79 Å². The minimum atomic E-state index is -0.230. The lowest BCUT2D eigenvalue weighted by Gasteiger charge is -2.25. The van der Waals surface area contributed by atoms with Crippen LogP contribution in [0.25, 0.3) is 0 Å². The predicted octanol–water partition coefficient (Wildman–Crippen LogP) is 1.08. The van der Waals surface area contributed by atoms with Crippen LogP contribution in [-0.4, -0.2) is 80.1 Å². The molecule has 2 N–H and O–H groups in total. The highest BCUT2D eigenvalue weighted by atomic mass is 16.2. The summed E-state index contributed by atoms with van der Waals surface area (Å²) in [6, 6.07) is 0. The van der Waals surface area contributed by atoms with Crippen molar-refractivity contribution in [1.29, 1.82) is 0 Å². The first kappa shape index (κ1) is 29.2. The number of nitrogens with zero attached hydrogens (tertiary/aromatic N) is 2. The smallest absolute Gasteiger partial charge is 0.245 e. The molecule has 0 fully saturated rings. The molecule has 0 spiro atoms. The van der Waals surface area contributed by atoms with E-state index in [1.54, 1.807) is 9.80 Å². The summed E-state index contributed by atoms with van der Waals surface area (Å²) in [6.45, 7) is 17.1. The van der Waals surface area contributed by atoms with E-state index >= 15 is 0 Å². The third-order valence-corrected chi connectivity index (χ3v) is 3.87. The molecule has 0 aliphatic rings. The number of hydrogen-bond acceptors (Lipinski definition) is 5. The van der Waals surface area contributed by atoms with Gasteiger partial charge in [0.15, 0.2) is 0 Å². The Balaban J connectivity index is 0. The monoisotopic (exact) mass is 420 g/mol. The van der Waals surface area contributed by atoms with Crippen molar-refractivity contribution in [3.05, 3.63) is 50.6 Å². The molecule has 0 aromatic carbocycles. The summed E-state index contributed by atoms with van der Waals surface area (Å²) in [5.41, 5.74) is 0. The van der Waals surface area contributed by atoms with Crippen molar-refractivity contribution in [2.24, 2.45) is 0 Å². The van der Waals surface area contributed by atoms with E-state index in [2.05, 4.69) is 36.9 Å². The van der Waals surface area contributed by atoms with Gasteiger partial charge in [0, 0.05) is 32.7 Å². The van der Waals surface area contributed by atoms with Gasteiger partial charge >= 0.3 is 0 Å². The normalized spacial score (nSPS) is 9.23. The van der Waals surface area contributed by atoms with Gasteiger partial charge in [-0.3, -0.25) is 19.2 Å². The standard InChI is InChI=1S/C19H32N4O3.C3H4O/c1-5-17(24)21-12-9-14-23(19(26)7-3)16-10-15-22(18(25)6-2)13-8-11-20-4;1-2-3-4/h5-7,20H,1-3,8-16H2,4H3,(H,21,24);2-3H,1H2. The summed E-state index contributed by atoms with van der Waals surface area (Å²) < 4.78 is 0. The average molecular weight is 421 g/mol. The maximum absolute atomic E-state index is 12.0. The van der Waals surface area contributed by atoms with Crippen molar-refractivity contribution in [2.75, 3.05) is 46.3 Å². The lowest BCUT2D eigenvalue weighted by atomic mass is 10.2. The van der Waals surface area contributed by atoms with Gasteiger partial charge in [-0.1, -0.05) is 26.3 Å². The molecule has 0 aromatic rings. The molecular weight excluding hydrogens is 384 g/mol. The van der Waals surface area contributed by atoms with Crippen LogP contribution in [0.15, 0.2) is 50.6 Å². The Morgan fingerprint density at radius 2 is 1.20 bits per heavy atom. The molecule has 168 valence electrons. The molecule has 30 heavy (non-hydrogen) atoms. The van der Waals surface area contributed by atoms with E-state index in [1.165, 1.54) is 24.3 Å². The van der Waals surface area contributed by atoms with Crippen LogP contribution in [-0.2, 0) is 19.2 Å². The van der Waals surface area contributed by atoms with Crippen LogP contribution >= 0.6 is 0 Å². The third kappa shape index (κ3) is 16.0. The van der Waals surface area contributed by atoms with E-state index in [9.17, 15) is 14.4 Å². The Labute approximate surface area is 180 Å². The van der Waals surface area contributed by atoms with E-state index in [0.717, 1.165) is 13.0 Å². The molecule has 0 heterocycles. The maximum Gasteiger partial charge on any atom is 0.245 e. The van der Waals surface area contributed by atoms with Gasteiger partial charge in [-0.25, -0.2) is 0 Å². The first-order valence-electron chi connectivity index (χ1n) is 9.85. The quantitative estimate of drug-likeness (QED) is 0.221. The second-order valence-electron chi connectivity index (χ2n) is 6.09. The first-order chi connectivity index (χ1) is 14.4. The molecule has 0 atom stereocenters. The zero-order valence-corrected chi connectivity index (χ0v) is 18.1. The van der Waals surface area contributed by atoms with Gasteiger partial charge in [0.1, 0.15) is 6.29 Å². The Morgan fingerprint density at radius 1 is 0.767 bits per heavy atom. The highest BCUT2D eigenvalue weighted by molar-refractivity contribution is 5.88. The van der Waals surface area contributed by atoms with Crippen molar-refractivity contribution in [3.63, 3.8) is 0 Å². The van der Waals surface area contributed by atoms with Crippen LogP contribution < -0.4 is 10.6 Å². The zero-order chi connectivity index (χ0) is 23.2. The van der Waals surface area contributed by atoms with Gasteiger partial charge in [0.05, 0.1) is 0 Å². The first-order valence-corrected chi connectivity index (χ1v) is 9.85.